The lowest BCUT2D eigenvalue weighted by Gasteiger charge is -2.09. The molecule has 0 radical (unpaired) electrons. The standard InChI is InChI=1S/C19H17N3O2/c1-13-17(11-20-18(21-13)15-7-3-2-4-8-15)19(24)22-16-9-5-6-14(10-16)12-23/h2-11,23H,12H2,1H3,(H,22,24). The van der Waals surface area contributed by atoms with Gasteiger partial charge in [0.25, 0.3) is 5.91 Å². The van der Waals surface area contributed by atoms with Crippen LogP contribution in [0.1, 0.15) is 21.6 Å². The van der Waals surface area contributed by atoms with Crippen LogP contribution in [-0.2, 0) is 6.61 Å². The van der Waals surface area contributed by atoms with Gasteiger partial charge < -0.3 is 10.4 Å². The Hall–Kier alpha value is -3.05. The lowest BCUT2D eigenvalue weighted by Crippen LogP contribution is -2.15. The number of rotatable bonds is 4. The maximum Gasteiger partial charge on any atom is 0.259 e. The van der Waals surface area contributed by atoms with E-state index in [2.05, 4.69) is 15.3 Å². The molecular weight excluding hydrogens is 302 g/mol. The number of aryl methyl sites for hydroxylation is 1. The molecule has 3 rings (SSSR count). The van der Waals surface area contributed by atoms with Crippen molar-refractivity contribution in [2.24, 2.45) is 0 Å². The van der Waals surface area contributed by atoms with Crippen molar-refractivity contribution in [1.29, 1.82) is 0 Å². The van der Waals surface area contributed by atoms with E-state index < -0.39 is 0 Å². The minimum atomic E-state index is -0.276. The number of hydrogen-bond acceptors (Lipinski definition) is 4. The molecule has 0 saturated carbocycles. The minimum absolute atomic E-state index is 0.0718. The third-order valence-electron chi connectivity index (χ3n) is 3.62. The predicted octanol–water partition coefficient (Wildman–Crippen LogP) is 3.20. The van der Waals surface area contributed by atoms with Crippen LogP contribution in [0.4, 0.5) is 5.69 Å². The number of aliphatic hydroxyl groups is 1. The van der Waals surface area contributed by atoms with E-state index in [4.69, 9.17) is 5.11 Å². The molecule has 2 aromatic carbocycles. The number of amides is 1. The molecule has 0 aliphatic carbocycles. The molecule has 1 amide bonds. The van der Waals surface area contributed by atoms with Crippen LogP contribution in [0, 0.1) is 6.92 Å². The molecule has 0 aliphatic heterocycles. The highest BCUT2D eigenvalue weighted by atomic mass is 16.3. The molecule has 0 bridgehead atoms. The van der Waals surface area contributed by atoms with Crippen molar-refractivity contribution >= 4 is 11.6 Å². The van der Waals surface area contributed by atoms with Crippen LogP contribution in [0.3, 0.4) is 0 Å². The van der Waals surface area contributed by atoms with Gasteiger partial charge in [-0.3, -0.25) is 4.79 Å². The molecule has 3 aromatic rings. The number of carbonyl (C=O) groups excluding carboxylic acids is 1. The fourth-order valence-corrected chi connectivity index (χ4v) is 2.36. The summed E-state index contributed by atoms with van der Waals surface area (Å²) in [5, 5.41) is 12.0. The van der Waals surface area contributed by atoms with Crippen molar-refractivity contribution in [2.75, 3.05) is 5.32 Å². The first-order chi connectivity index (χ1) is 11.7. The largest absolute Gasteiger partial charge is 0.392 e. The highest BCUT2D eigenvalue weighted by Crippen LogP contribution is 2.17. The normalized spacial score (nSPS) is 10.4. The number of hydrogen-bond donors (Lipinski definition) is 2. The zero-order chi connectivity index (χ0) is 16.9. The van der Waals surface area contributed by atoms with Crippen LogP contribution in [0.15, 0.2) is 60.8 Å². The second-order valence-electron chi connectivity index (χ2n) is 5.37. The van der Waals surface area contributed by atoms with Gasteiger partial charge in [0.2, 0.25) is 0 Å². The zero-order valence-corrected chi connectivity index (χ0v) is 13.2. The van der Waals surface area contributed by atoms with E-state index >= 15 is 0 Å². The zero-order valence-electron chi connectivity index (χ0n) is 13.2. The predicted molar refractivity (Wildman–Crippen MR) is 92.5 cm³/mol. The molecule has 5 nitrogen and oxygen atoms in total. The van der Waals surface area contributed by atoms with Gasteiger partial charge in [0.15, 0.2) is 5.82 Å². The molecule has 1 heterocycles. The Morgan fingerprint density at radius 3 is 2.62 bits per heavy atom. The quantitative estimate of drug-likeness (QED) is 0.774. The Morgan fingerprint density at radius 2 is 1.92 bits per heavy atom. The Kier molecular flexibility index (Phi) is 4.63. The van der Waals surface area contributed by atoms with Crippen LogP contribution >= 0.6 is 0 Å². The summed E-state index contributed by atoms with van der Waals surface area (Å²) in [6, 6.07) is 16.7. The number of nitrogens with zero attached hydrogens (tertiary/aromatic N) is 2. The molecule has 120 valence electrons. The Labute approximate surface area is 140 Å². The summed E-state index contributed by atoms with van der Waals surface area (Å²) in [6.07, 6.45) is 1.54. The molecule has 2 N–H and O–H groups in total. The van der Waals surface area contributed by atoms with Gasteiger partial charge >= 0.3 is 0 Å². The van der Waals surface area contributed by atoms with Gasteiger partial charge in [0.05, 0.1) is 17.9 Å². The first kappa shape index (κ1) is 15.8. The lowest BCUT2D eigenvalue weighted by molar-refractivity contribution is 0.102. The maximum atomic E-state index is 12.4. The van der Waals surface area contributed by atoms with Crippen molar-refractivity contribution in [3.05, 3.63) is 77.6 Å². The maximum absolute atomic E-state index is 12.4. The summed E-state index contributed by atoms with van der Waals surface area (Å²) in [4.78, 5) is 21.2. The van der Waals surface area contributed by atoms with Crippen molar-refractivity contribution < 1.29 is 9.90 Å². The summed E-state index contributed by atoms with van der Waals surface area (Å²) in [5.74, 6) is 0.314. The topological polar surface area (TPSA) is 75.1 Å². The van der Waals surface area contributed by atoms with Crippen molar-refractivity contribution in [3.63, 3.8) is 0 Å². The molecule has 0 atom stereocenters. The average molecular weight is 319 g/mol. The third kappa shape index (κ3) is 3.47. The Balaban J connectivity index is 1.82. The highest BCUT2D eigenvalue weighted by Gasteiger charge is 2.13. The smallest absolute Gasteiger partial charge is 0.259 e. The number of aromatic nitrogens is 2. The van der Waals surface area contributed by atoms with E-state index in [0.29, 0.717) is 22.8 Å². The van der Waals surface area contributed by atoms with E-state index in [1.165, 1.54) is 6.20 Å². The van der Waals surface area contributed by atoms with E-state index in [1.807, 2.05) is 30.3 Å². The number of anilines is 1. The highest BCUT2D eigenvalue weighted by molar-refractivity contribution is 6.04. The summed E-state index contributed by atoms with van der Waals surface area (Å²) >= 11 is 0. The van der Waals surface area contributed by atoms with E-state index in [9.17, 15) is 4.79 Å². The van der Waals surface area contributed by atoms with Crippen molar-refractivity contribution in [3.8, 4) is 11.4 Å². The van der Waals surface area contributed by atoms with E-state index in [1.54, 1.807) is 31.2 Å². The fraction of sp³-hybridized carbons (Fsp3) is 0.105. The first-order valence-corrected chi connectivity index (χ1v) is 7.57. The van der Waals surface area contributed by atoms with Crippen LogP contribution in [0.25, 0.3) is 11.4 Å². The average Bonchev–Trinajstić information content (AvgIpc) is 2.62. The third-order valence-corrected chi connectivity index (χ3v) is 3.62. The van der Waals surface area contributed by atoms with Crippen LogP contribution in [-0.4, -0.2) is 21.0 Å². The van der Waals surface area contributed by atoms with Gasteiger partial charge in [-0.05, 0) is 24.6 Å². The molecule has 0 fully saturated rings. The number of nitrogens with one attached hydrogen (secondary N) is 1. The van der Waals surface area contributed by atoms with Crippen LogP contribution in [0.2, 0.25) is 0 Å². The van der Waals surface area contributed by atoms with Crippen molar-refractivity contribution in [1.82, 2.24) is 9.97 Å². The summed E-state index contributed by atoms with van der Waals surface area (Å²) in [5.41, 5.74) is 3.30. The SMILES string of the molecule is Cc1nc(-c2ccccc2)ncc1C(=O)Nc1cccc(CO)c1. The molecule has 0 unspecified atom stereocenters. The molecule has 0 saturated heterocycles. The van der Waals surface area contributed by atoms with Gasteiger partial charge in [0.1, 0.15) is 0 Å². The number of carbonyl (C=O) groups is 1. The molecule has 0 spiro atoms. The first-order valence-electron chi connectivity index (χ1n) is 7.57. The second kappa shape index (κ2) is 7.02. The second-order valence-corrected chi connectivity index (χ2v) is 5.37. The number of aliphatic hydroxyl groups excluding tert-OH is 1. The van der Waals surface area contributed by atoms with Crippen LogP contribution in [0.5, 0.6) is 0 Å². The lowest BCUT2D eigenvalue weighted by atomic mass is 10.1. The molecule has 5 heteroatoms. The van der Waals surface area contributed by atoms with Gasteiger partial charge in [0, 0.05) is 17.4 Å². The van der Waals surface area contributed by atoms with Gasteiger partial charge in [-0.25, -0.2) is 9.97 Å². The monoisotopic (exact) mass is 319 g/mol. The molecule has 24 heavy (non-hydrogen) atoms. The minimum Gasteiger partial charge on any atom is -0.392 e. The summed E-state index contributed by atoms with van der Waals surface area (Å²) in [6.45, 7) is 1.71. The molecule has 0 aliphatic rings. The Bertz CT molecular complexity index is 863. The Morgan fingerprint density at radius 1 is 1.12 bits per heavy atom. The summed E-state index contributed by atoms with van der Waals surface area (Å²) < 4.78 is 0. The van der Waals surface area contributed by atoms with E-state index in [0.717, 1.165) is 11.1 Å². The molecule has 1 aromatic heterocycles. The number of benzene rings is 2. The van der Waals surface area contributed by atoms with Crippen molar-refractivity contribution in [2.45, 2.75) is 13.5 Å². The summed E-state index contributed by atoms with van der Waals surface area (Å²) in [7, 11) is 0. The van der Waals surface area contributed by atoms with E-state index in [-0.39, 0.29) is 12.5 Å². The van der Waals surface area contributed by atoms with Gasteiger partial charge in [-0.1, -0.05) is 42.5 Å². The fourth-order valence-electron chi connectivity index (χ4n) is 2.36. The van der Waals surface area contributed by atoms with Crippen LogP contribution < -0.4 is 5.32 Å². The van der Waals surface area contributed by atoms with Gasteiger partial charge in [-0.15, -0.1) is 0 Å². The molecular formula is C19H17N3O2. The van der Waals surface area contributed by atoms with Gasteiger partial charge in [-0.2, -0.15) is 0 Å².